The number of carbonyl (C=O) groups is 1. The molecule has 1 amide bonds. The number of rotatable bonds is 5. The monoisotopic (exact) mass is 439 g/mol. The Balaban J connectivity index is 1.84. The van der Waals surface area contributed by atoms with Crippen LogP contribution in [-0.4, -0.2) is 29.3 Å². The molecule has 8 heteroatoms. The van der Waals surface area contributed by atoms with Gasteiger partial charge in [-0.25, -0.2) is 0 Å². The lowest BCUT2D eigenvalue weighted by Gasteiger charge is -2.13. The van der Waals surface area contributed by atoms with Gasteiger partial charge in [0.2, 0.25) is 0 Å². The summed E-state index contributed by atoms with van der Waals surface area (Å²) < 4.78 is 11.8. The van der Waals surface area contributed by atoms with Gasteiger partial charge in [-0.2, -0.15) is 0 Å². The van der Waals surface area contributed by atoms with E-state index in [0.717, 1.165) is 11.1 Å². The third-order valence-electron chi connectivity index (χ3n) is 3.83. The SMILES string of the molecule is COc1cc(/C=C2\SC(=S)N(C)C2=O)cc(Cl)c1OCc1ccc(Cl)cc1. The summed E-state index contributed by atoms with van der Waals surface area (Å²) in [5.74, 6) is 0.784. The zero-order valence-corrected chi connectivity index (χ0v) is 17.6. The molecule has 1 aliphatic rings. The Labute approximate surface area is 177 Å². The molecule has 0 N–H and O–H groups in total. The van der Waals surface area contributed by atoms with Crippen molar-refractivity contribution >= 4 is 63.5 Å². The molecule has 0 saturated carbocycles. The molecule has 1 aliphatic heterocycles. The second-order valence-corrected chi connectivity index (χ2v) is 8.21. The number of methoxy groups -OCH3 is 1. The standard InChI is InChI=1S/C19H15Cl2NO3S2/c1-22-18(23)16(27-19(22)26)9-12-7-14(21)17(15(8-12)24-2)25-10-11-3-5-13(20)6-4-11/h3-9H,10H2,1-2H3/b16-9-. The van der Waals surface area contributed by atoms with Crippen molar-refractivity contribution in [2.24, 2.45) is 0 Å². The molecule has 0 aliphatic carbocycles. The van der Waals surface area contributed by atoms with E-state index in [2.05, 4.69) is 0 Å². The van der Waals surface area contributed by atoms with Crippen molar-refractivity contribution in [3.8, 4) is 11.5 Å². The lowest BCUT2D eigenvalue weighted by molar-refractivity contribution is -0.121. The van der Waals surface area contributed by atoms with Crippen molar-refractivity contribution in [3.05, 3.63) is 62.5 Å². The van der Waals surface area contributed by atoms with E-state index in [1.807, 2.05) is 12.1 Å². The number of hydrogen-bond donors (Lipinski definition) is 0. The van der Waals surface area contributed by atoms with Crippen molar-refractivity contribution in [1.29, 1.82) is 0 Å². The summed E-state index contributed by atoms with van der Waals surface area (Å²) in [6, 6.07) is 10.8. The van der Waals surface area contributed by atoms with Gasteiger partial charge in [0.1, 0.15) is 10.9 Å². The van der Waals surface area contributed by atoms with Crippen LogP contribution in [-0.2, 0) is 11.4 Å². The van der Waals surface area contributed by atoms with Crippen LogP contribution in [0.15, 0.2) is 41.3 Å². The molecule has 2 aromatic rings. The van der Waals surface area contributed by atoms with Crippen LogP contribution in [0.4, 0.5) is 0 Å². The summed E-state index contributed by atoms with van der Waals surface area (Å²) >= 11 is 18.7. The van der Waals surface area contributed by atoms with Crippen molar-refractivity contribution in [1.82, 2.24) is 4.90 Å². The van der Waals surface area contributed by atoms with E-state index in [9.17, 15) is 4.79 Å². The summed E-state index contributed by atoms with van der Waals surface area (Å²) in [4.78, 5) is 14.1. The van der Waals surface area contributed by atoms with Gasteiger partial charge < -0.3 is 9.47 Å². The Morgan fingerprint density at radius 3 is 2.52 bits per heavy atom. The predicted molar refractivity (Wildman–Crippen MR) is 115 cm³/mol. The molecule has 0 radical (unpaired) electrons. The van der Waals surface area contributed by atoms with E-state index >= 15 is 0 Å². The number of amides is 1. The molecule has 1 fully saturated rings. The van der Waals surface area contributed by atoms with Crippen molar-refractivity contribution in [2.45, 2.75) is 6.61 Å². The Hall–Kier alpha value is -1.73. The first-order valence-corrected chi connectivity index (χ1v) is 9.83. The summed E-state index contributed by atoms with van der Waals surface area (Å²) in [7, 11) is 3.19. The highest BCUT2D eigenvalue weighted by Gasteiger charge is 2.28. The first kappa shape index (κ1) is 20.0. The predicted octanol–water partition coefficient (Wildman–Crippen LogP) is 5.41. The van der Waals surface area contributed by atoms with Gasteiger partial charge in [-0.1, -0.05) is 59.3 Å². The second kappa shape index (κ2) is 8.52. The fourth-order valence-corrected chi connectivity index (χ4v) is 3.98. The molecule has 0 unspecified atom stereocenters. The van der Waals surface area contributed by atoms with Crippen LogP contribution in [0.1, 0.15) is 11.1 Å². The Bertz CT molecular complexity index is 929. The number of carbonyl (C=O) groups excluding carboxylic acids is 1. The molecule has 0 aromatic heterocycles. The molecule has 4 nitrogen and oxygen atoms in total. The molecular weight excluding hydrogens is 425 g/mol. The van der Waals surface area contributed by atoms with Crippen LogP contribution in [0.5, 0.6) is 11.5 Å². The minimum atomic E-state index is -0.136. The average molecular weight is 440 g/mol. The third-order valence-corrected chi connectivity index (χ3v) is 5.85. The number of nitrogens with zero attached hydrogens (tertiary/aromatic N) is 1. The summed E-state index contributed by atoms with van der Waals surface area (Å²) in [5.41, 5.74) is 1.68. The first-order valence-electron chi connectivity index (χ1n) is 7.85. The van der Waals surface area contributed by atoms with Gasteiger partial charge in [-0.05, 0) is 41.5 Å². The maximum Gasteiger partial charge on any atom is 0.265 e. The van der Waals surface area contributed by atoms with Crippen molar-refractivity contribution in [3.63, 3.8) is 0 Å². The van der Waals surface area contributed by atoms with Crippen molar-refractivity contribution in [2.75, 3.05) is 14.2 Å². The summed E-state index contributed by atoms with van der Waals surface area (Å²) in [5, 5.41) is 1.05. The molecule has 1 saturated heterocycles. The molecule has 27 heavy (non-hydrogen) atoms. The third kappa shape index (κ3) is 4.58. The van der Waals surface area contributed by atoms with E-state index in [0.29, 0.717) is 37.4 Å². The zero-order valence-electron chi connectivity index (χ0n) is 14.5. The molecule has 3 rings (SSSR count). The van der Waals surface area contributed by atoms with Crippen LogP contribution in [0, 0.1) is 0 Å². The van der Waals surface area contributed by atoms with E-state index in [1.54, 1.807) is 37.4 Å². The Kier molecular flexibility index (Phi) is 6.32. The summed E-state index contributed by atoms with van der Waals surface area (Å²) in [6.45, 7) is 0.321. The number of ether oxygens (including phenoxy) is 2. The maximum atomic E-state index is 12.2. The number of likely N-dealkylation sites (N-methyl/N-ethyl adjacent to an activating group) is 1. The molecule has 140 valence electrons. The average Bonchev–Trinajstić information content (AvgIpc) is 2.88. The van der Waals surface area contributed by atoms with Gasteiger partial charge in [-0.15, -0.1) is 0 Å². The van der Waals surface area contributed by atoms with Crippen LogP contribution in [0.3, 0.4) is 0 Å². The van der Waals surface area contributed by atoms with Gasteiger partial charge in [0.15, 0.2) is 11.5 Å². The van der Waals surface area contributed by atoms with Gasteiger partial charge >= 0.3 is 0 Å². The summed E-state index contributed by atoms with van der Waals surface area (Å²) in [6.07, 6.45) is 1.74. The van der Waals surface area contributed by atoms with Gasteiger partial charge in [-0.3, -0.25) is 9.69 Å². The minimum absolute atomic E-state index is 0.136. The minimum Gasteiger partial charge on any atom is -0.493 e. The highest BCUT2D eigenvalue weighted by molar-refractivity contribution is 8.26. The van der Waals surface area contributed by atoms with Gasteiger partial charge in [0.25, 0.3) is 5.91 Å². The fourth-order valence-electron chi connectivity index (χ4n) is 2.40. The maximum absolute atomic E-state index is 12.2. The molecule has 1 heterocycles. The topological polar surface area (TPSA) is 38.8 Å². The first-order chi connectivity index (χ1) is 12.9. The van der Waals surface area contributed by atoms with E-state index < -0.39 is 0 Å². The van der Waals surface area contributed by atoms with Crippen LogP contribution < -0.4 is 9.47 Å². The lowest BCUT2D eigenvalue weighted by atomic mass is 10.1. The second-order valence-electron chi connectivity index (χ2n) is 5.69. The van der Waals surface area contributed by atoms with Crippen LogP contribution >= 0.6 is 47.2 Å². The number of halogens is 2. The van der Waals surface area contributed by atoms with Crippen LogP contribution in [0.25, 0.3) is 6.08 Å². The normalized spacial score (nSPS) is 15.6. The Morgan fingerprint density at radius 1 is 1.22 bits per heavy atom. The lowest BCUT2D eigenvalue weighted by Crippen LogP contribution is -2.22. The molecule has 0 atom stereocenters. The smallest absolute Gasteiger partial charge is 0.265 e. The Morgan fingerprint density at radius 2 is 1.93 bits per heavy atom. The molecular formula is C19H15Cl2NO3S2. The molecule has 0 bridgehead atoms. The number of benzene rings is 2. The number of hydrogen-bond acceptors (Lipinski definition) is 5. The molecule has 0 spiro atoms. The van der Waals surface area contributed by atoms with E-state index in [4.69, 9.17) is 44.9 Å². The quantitative estimate of drug-likeness (QED) is 0.459. The molecule has 2 aromatic carbocycles. The highest BCUT2D eigenvalue weighted by Crippen LogP contribution is 2.39. The fraction of sp³-hybridized carbons (Fsp3) is 0.158. The van der Waals surface area contributed by atoms with Gasteiger partial charge in [0, 0.05) is 12.1 Å². The largest absolute Gasteiger partial charge is 0.493 e. The van der Waals surface area contributed by atoms with E-state index in [-0.39, 0.29) is 5.91 Å². The number of thiocarbonyl (C=S) groups is 1. The number of thioether (sulfide) groups is 1. The zero-order chi connectivity index (χ0) is 19.6. The van der Waals surface area contributed by atoms with Gasteiger partial charge in [0.05, 0.1) is 17.0 Å². The van der Waals surface area contributed by atoms with E-state index in [1.165, 1.54) is 23.8 Å². The van der Waals surface area contributed by atoms with Crippen LogP contribution in [0.2, 0.25) is 10.0 Å². The highest BCUT2D eigenvalue weighted by atomic mass is 35.5. The van der Waals surface area contributed by atoms with Crippen molar-refractivity contribution < 1.29 is 14.3 Å².